The number of nitriles is 1. The molecule has 1 N–H and O–H groups in total. The molecule has 1 aromatic heterocycles. The van der Waals surface area contributed by atoms with E-state index in [0.29, 0.717) is 5.56 Å². The number of nitrogens with zero attached hydrogens (tertiary/aromatic N) is 3. The summed E-state index contributed by atoms with van der Waals surface area (Å²) in [6, 6.07) is 4.24. The molecule has 0 aromatic carbocycles. The fourth-order valence-electron chi connectivity index (χ4n) is 2.97. The zero-order valence-corrected chi connectivity index (χ0v) is 13.6. The van der Waals surface area contributed by atoms with Crippen molar-refractivity contribution in [1.82, 2.24) is 10.3 Å². The van der Waals surface area contributed by atoms with E-state index in [1.54, 1.807) is 0 Å². The Labute approximate surface area is 132 Å². The van der Waals surface area contributed by atoms with Gasteiger partial charge < -0.3 is 10.2 Å². The average molecular weight is 300 g/mol. The van der Waals surface area contributed by atoms with Gasteiger partial charge in [0.15, 0.2) is 0 Å². The number of aryl methyl sites for hydroxylation is 2. The van der Waals surface area contributed by atoms with Gasteiger partial charge in [0.2, 0.25) is 5.91 Å². The van der Waals surface area contributed by atoms with E-state index in [1.165, 1.54) is 0 Å². The lowest BCUT2D eigenvalue weighted by atomic mass is 9.95. The molecule has 0 spiro atoms. The SMILES string of the molecule is CCCNC(=O)C1CCN(c2cc(C)nc(C)c2C#N)CC1. The van der Waals surface area contributed by atoms with Crippen LogP contribution >= 0.6 is 0 Å². The van der Waals surface area contributed by atoms with Gasteiger partial charge in [0.25, 0.3) is 0 Å². The van der Waals surface area contributed by atoms with Crippen LogP contribution in [-0.2, 0) is 4.79 Å². The summed E-state index contributed by atoms with van der Waals surface area (Å²) in [5, 5.41) is 12.4. The number of pyridine rings is 1. The number of rotatable bonds is 4. The lowest BCUT2D eigenvalue weighted by Gasteiger charge is -2.33. The minimum absolute atomic E-state index is 0.0948. The normalized spacial score (nSPS) is 15.5. The molecule has 1 saturated heterocycles. The fraction of sp³-hybridized carbons (Fsp3) is 0.588. The number of hydrogen-bond acceptors (Lipinski definition) is 4. The predicted octanol–water partition coefficient (Wildman–Crippen LogP) is 2.31. The van der Waals surface area contributed by atoms with Gasteiger partial charge in [-0.1, -0.05) is 6.92 Å². The van der Waals surface area contributed by atoms with E-state index in [-0.39, 0.29) is 11.8 Å². The Balaban J connectivity index is 2.06. The molecule has 0 unspecified atom stereocenters. The maximum absolute atomic E-state index is 12.0. The molecule has 1 aliphatic rings. The summed E-state index contributed by atoms with van der Waals surface area (Å²) in [5.41, 5.74) is 3.31. The zero-order chi connectivity index (χ0) is 16.1. The Bertz CT molecular complexity index is 583. The van der Waals surface area contributed by atoms with Crippen molar-refractivity contribution >= 4 is 11.6 Å². The first-order chi connectivity index (χ1) is 10.6. The van der Waals surface area contributed by atoms with Crippen LogP contribution in [0.2, 0.25) is 0 Å². The molecule has 5 heteroatoms. The van der Waals surface area contributed by atoms with Crippen LogP contribution in [0.3, 0.4) is 0 Å². The van der Waals surface area contributed by atoms with Crippen LogP contribution in [0, 0.1) is 31.1 Å². The van der Waals surface area contributed by atoms with Crippen molar-refractivity contribution in [3.05, 3.63) is 23.0 Å². The van der Waals surface area contributed by atoms with Crippen molar-refractivity contribution < 1.29 is 4.79 Å². The van der Waals surface area contributed by atoms with Gasteiger partial charge >= 0.3 is 0 Å². The Hall–Kier alpha value is -2.09. The monoisotopic (exact) mass is 300 g/mol. The van der Waals surface area contributed by atoms with Crippen molar-refractivity contribution in [3.63, 3.8) is 0 Å². The van der Waals surface area contributed by atoms with Gasteiger partial charge in [-0.3, -0.25) is 9.78 Å². The van der Waals surface area contributed by atoms with Gasteiger partial charge in [0.05, 0.1) is 16.9 Å². The van der Waals surface area contributed by atoms with E-state index in [2.05, 4.69) is 28.2 Å². The van der Waals surface area contributed by atoms with Crippen molar-refractivity contribution in [1.29, 1.82) is 5.26 Å². The number of anilines is 1. The molecule has 1 aliphatic heterocycles. The van der Waals surface area contributed by atoms with Gasteiger partial charge in [0.1, 0.15) is 6.07 Å². The topological polar surface area (TPSA) is 69.0 Å². The molecule has 0 atom stereocenters. The Morgan fingerprint density at radius 3 is 2.73 bits per heavy atom. The average Bonchev–Trinajstić information content (AvgIpc) is 2.52. The largest absolute Gasteiger partial charge is 0.370 e. The first-order valence-corrected chi connectivity index (χ1v) is 7.97. The smallest absolute Gasteiger partial charge is 0.223 e. The van der Waals surface area contributed by atoms with Crippen LogP contribution in [0.5, 0.6) is 0 Å². The first-order valence-electron chi connectivity index (χ1n) is 7.97. The second kappa shape index (κ2) is 7.26. The molecular formula is C17H24N4O. The minimum atomic E-state index is 0.0948. The lowest BCUT2D eigenvalue weighted by Crippen LogP contribution is -2.41. The number of nitrogens with one attached hydrogen (secondary N) is 1. The summed E-state index contributed by atoms with van der Waals surface area (Å²) in [4.78, 5) is 18.6. The van der Waals surface area contributed by atoms with Gasteiger partial charge in [-0.05, 0) is 39.2 Å². The van der Waals surface area contributed by atoms with Crippen LogP contribution in [0.4, 0.5) is 5.69 Å². The van der Waals surface area contributed by atoms with Gasteiger partial charge in [-0.25, -0.2) is 0 Å². The van der Waals surface area contributed by atoms with E-state index in [1.807, 2.05) is 19.9 Å². The highest BCUT2D eigenvalue weighted by Gasteiger charge is 2.26. The van der Waals surface area contributed by atoms with E-state index in [4.69, 9.17) is 0 Å². The van der Waals surface area contributed by atoms with Crippen molar-refractivity contribution in [2.75, 3.05) is 24.5 Å². The highest BCUT2D eigenvalue weighted by atomic mass is 16.1. The molecule has 0 radical (unpaired) electrons. The zero-order valence-electron chi connectivity index (χ0n) is 13.6. The number of carbonyl (C=O) groups excluding carboxylic acids is 1. The number of carbonyl (C=O) groups is 1. The Morgan fingerprint density at radius 1 is 1.45 bits per heavy atom. The molecule has 22 heavy (non-hydrogen) atoms. The third-order valence-electron chi connectivity index (χ3n) is 4.18. The van der Waals surface area contributed by atoms with Crippen LogP contribution in [-0.4, -0.2) is 30.5 Å². The van der Waals surface area contributed by atoms with E-state index >= 15 is 0 Å². The van der Waals surface area contributed by atoms with Crippen LogP contribution < -0.4 is 10.2 Å². The van der Waals surface area contributed by atoms with Crippen molar-refractivity contribution in [3.8, 4) is 6.07 Å². The van der Waals surface area contributed by atoms with Gasteiger partial charge in [-0.2, -0.15) is 5.26 Å². The second-order valence-electron chi connectivity index (χ2n) is 5.91. The highest BCUT2D eigenvalue weighted by Crippen LogP contribution is 2.28. The summed E-state index contributed by atoms with van der Waals surface area (Å²) in [6.07, 6.45) is 2.63. The van der Waals surface area contributed by atoms with E-state index < -0.39 is 0 Å². The molecule has 1 fully saturated rings. The molecule has 1 amide bonds. The third kappa shape index (κ3) is 3.56. The molecule has 1 aromatic rings. The number of aromatic nitrogens is 1. The highest BCUT2D eigenvalue weighted by molar-refractivity contribution is 5.79. The van der Waals surface area contributed by atoms with Crippen molar-refractivity contribution in [2.24, 2.45) is 5.92 Å². The maximum atomic E-state index is 12.0. The molecule has 0 bridgehead atoms. The number of hydrogen-bond donors (Lipinski definition) is 1. The quantitative estimate of drug-likeness (QED) is 0.926. The maximum Gasteiger partial charge on any atom is 0.223 e. The summed E-state index contributed by atoms with van der Waals surface area (Å²) in [6.45, 7) is 8.24. The summed E-state index contributed by atoms with van der Waals surface area (Å²) >= 11 is 0. The number of amides is 1. The second-order valence-corrected chi connectivity index (χ2v) is 5.91. The summed E-state index contributed by atoms with van der Waals surface area (Å²) < 4.78 is 0. The standard InChI is InChI=1S/C17H24N4O/c1-4-7-19-17(22)14-5-8-21(9-6-14)16-10-12(2)20-13(3)15(16)11-18/h10,14H,4-9H2,1-3H3,(H,19,22). The predicted molar refractivity (Wildman–Crippen MR) is 86.7 cm³/mol. The fourth-order valence-corrected chi connectivity index (χ4v) is 2.97. The van der Waals surface area contributed by atoms with Crippen LogP contribution in [0.15, 0.2) is 6.07 Å². The molecule has 2 rings (SSSR count). The van der Waals surface area contributed by atoms with E-state index in [9.17, 15) is 10.1 Å². The van der Waals surface area contributed by atoms with Gasteiger partial charge in [-0.15, -0.1) is 0 Å². The van der Waals surface area contributed by atoms with Crippen molar-refractivity contribution in [2.45, 2.75) is 40.0 Å². The molecular weight excluding hydrogens is 276 g/mol. The Kier molecular flexibility index (Phi) is 5.37. The minimum Gasteiger partial charge on any atom is -0.370 e. The summed E-state index contributed by atoms with van der Waals surface area (Å²) in [7, 11) is 0. The number of piperidine rings is 1. The van der Waals surface area contributed by atoms with Crippen LogP contribution in [0.25, 0.3) is 0 Å². The van der Waals surface area contributed by atoms with Crippen LogP contribution in [0.1, 0.15) is 43.1 Å². The lowest BCUT2D eigenvalue weighted by molar-refractivity contribution is -0.125. The molecule has 118 valence electrons. The molecule has 0 saturated carbocycles. The third-order valence-corrected chi connectivity index (χ3v) is 4.18. The van der Waals surface area contributed by atoms with E-state index in [0.717, 1.165) is 56.0 Å². The summed E-state index contributed by atoms with van der Waals surface area (Å²) in [5.74, 6) is 0.265. The van der Waals surface area contributed by atoms with Gasteiger partial charge in [0, 0.05) is 31.2 Å². The molecule has 5 nitrogen and oxygen atoms in total. The molecule has 0 aliphatic carbocycles. The Morgan fingerprint density at radius 2 is 2.14 bits per heavy atom. The first kappa shape index (κ1) is 16.3. The molecule has 2 heterocycles.